The lowest BCUT2D eigenvalue weighted by atomic mass is 10.2. The van der Waals surface area contributed by atoms with Crippen LogP contribution in [-0.4, -0.2) is 34.8 Å². The Morgan fingerprint density at radius 1 is 1.17 bits per heavy atom. The minimum atomic E-state index is -0.162. The monoisotopic (exact) mass is 429 g/mol. The Kier molecular flexibility index (Phi) is 10.8. The van der Waals surface area contributed by atoms with Gasteiger partial charge >= 0.3 is 0 Å². The van der Waals surface area contributed by atoms with E-state index in [2.05, 4.69) is 21.7 Å². The van der Waals surface area contributed by atoms with Gasteiger partial charge in [0.2, 0.25) is 0 Å². The zero-order valence-corrected chi connectivity index (χ0v) is 17.8. The number of hydrogen-bond acceptors (Lipinski definition) is 7. The van der Waals surface area contributed by atoms with Crippen molar-refractivity contribution in [3.63, 3.8) is 0 Å². The summed E-state index contributed by atoms with van der Waals surface area (Å²) >= 11 is 1.26. The van der Waals surface area contributed by atoms with Crippen LogP contribution in [0.15, 0.2) is 59.4 Å². The number of carbonyl (C=O) groups excluding carboxylic acids is 1. The number of rotatable bonds is 5. The summed E-state index contributed by atoms with van der Waals surface area (Å²) in [4.78, 5) is 23.6. The normalized spacial score (nSPS) is 10.5. The van der Waals surface area contributed by atoms with E-state index in [-0.39, 0.29) is 24.1 Å². The Balaban J connectivity index is 0.000000565. The predicted molar refractivity (Wildman–Crippen MR) is 124 cm³/mol. The van der Waals surface area contributed by atoms with E-state index in [9.17, 15) is 9.59 Å². The van der Waals surface area contributed by atoms with Crippen LogP contribution in [0.3, 0.4) is 0 Å². The van der Waals surface area contributed by atoms with Crippen molar-refractivity contribution in [1.29, 1.82) is 5.41 Å². The third-order valence-corrected chi connectivity index (χ3v) is 4.55. The molecule has 8 nitrogen and oxygen atoms in total. The summed E-state index contributed by atoms with van der Waals surface area (Å²) in [5.41, 5.74) is 7.75. The Bertz CT molecular complexity index is 953. The first-order chi connectivity index (χ1) is 14.4. The first kappa shape index (κ1) is 24.8. The molecule has 0 aliphatic rings. The first-order valence-electron chi connectivity index (χ1n) is 9.04. The molecule has 3 rings (SSSR count). The van der Waals surface area contributed by atoms with Gasteiger partial charge in [-0.3, -0.25) is 14.0 Å². The molecule has 30 heavy (non-hydrogen) atoms. The molecule has 1 unspecified atom stereocenters. The van der Waals surface area contributed by atoms with Crippen LogP contribution in [0, 0.1) is 12.3 Å². The second-order valence-electron chi connectivity index (χ2n) is 6.17. The molecular formula is C21H27N5O3S. The molecule has 160 valence electrons. The van der Waals surface area contributed by atoms with Crippen molar-refractivity contribution in [2.24, 2.45) is 5.73 Å². The number of amides is 1. The maximum atomic E-state index is 12.2. The quantitative estimate of drug-likeness (QED) is 0.345. The minimum absolute atomic E-state index is 0.0602. The SMILES string of the molecule is C=N.CC(N)CO.Cc1c(Nc2ccc(C(=O)Nc3ccccc3)cc2)s[nH]c1=O. The van der Waals surface area contributed by atoms with Gasteiger partial charge in [0.1, 0.15) is 5.00 Å². The highest BCUT2D eigenvalue weighted by molar-refractivity contribution is 7.10. The second-order valence-corrected chi connectivity index (χ2v) is 6.99. The number of aliphatic hydroxyl groups is 1. The van der Waals surface area contributed by atoms with Crippen LogP contribution < -0.4 is 21.9 Å². The summed E-state index contributed by atoms with van der Waals surface area (Å²) in [6, 6.07) is 16.3. The average Bonchev–Trinajstić information content (AvgIpc) is 3.09. The van der Waals surface area contributed by atoms with E-state index in [1.165, 1.54) is 11.5 Å². The van der Waals surface area contributed by atoms with Crippen LogP contribution in [0.1, 0.15) is 22.8 Å². The number of aliphatic hydroxyl groups excluding tert-OH is 1. The lowest BCUT2D eigenvalue weighted by Crippen LogP contribution is -2.18. The van der Waals surface area contributed by atoms with E-state index < -0.39 is 0 Å². The number of para-hydroxylation sites is 1. The van der Waals surface area contributed by atoms with Gasteiger partial charge in [-0.25, -0.2) is 0 Å². The molecule has 2 aromatic carbocycles. The summed E-state index contributed by atoms with van der Waals surface area (Å²) in [5, 5.41) is 20.3. The number of hydrogen-bond donors (Lipinski definition) is 6. The fourth-order valence-corrected chi connectivity index (χ4v) is 2.80. The van der Waals surface area contributed by atoms with E-state index in [0.717, 1.165) is 16.4 Å². The molecule has 7 N–H and O–H groups in total. The molecule has 1 heterocycles. The molecule has 0 saturated heterocycles. The van der Waals surface area contributed by atoms with Gasteiger partial charge in [0.15, 0.2) is 0 Å². The van der Waals surface area contributed by atoms with E-state index in [0.29, 0.717) is 11.1 Å². The number of anilines is 3. The zero-order valence-electron chi connectivity index (χ0n) is 16.9. The highest BCUT2D eigenvalue weighted by Gasteiger charge is 2.08. The Morgan fingerprint density at radius 3 is 2.20 bits per heavy atom. The van der Waals surface area contributed by atoms with Crippen molar-refractivity contribution < 1.29 is 9.90 Å². The van der Waals surface area contributed by atoms with Crippen molar-refractivity contribution in [3.8, 4) is 0 Å². The van der Waals surface area contributed by atoms with Crippen molar-refractivity contribution in [2.75, 3.05) is 17.2 Å². The highest BCUT2D eigenvalue weighted by Crippen LogP contribution is 2.22. The number of nitrogens with two attached hydrogens (primary N) is 1. The molecule has 1 atom stereocenters. The van der Waals surface area contributed by atoms with Gasteiger partial charge in [-0.2, -0.15) is 0 Å². The first-order valence-corrected chi connectivity index (χ1v) is 9.85. The van der Waals surface area contributed by atoms with E-state index >= 15 is 0 Å². The van der Waals surface area contributed by atoms with Crippen LogP contribution in [-0.2, 0) is 0 Å². The zero-order chi connectivity index (χ0) is 22.5. The van der Waals surface area contributed by atoms with Crippen molar-refractivity contribution in [1.82, 2.24) is 4.37 Å². The number of nitrogens with one attached hydrogen (secondary N) is 4. The molecule has 3 aromatic rings. The lowest BCUT2D eigenvalue weighted by molar-refractivity contribution is 0.102. The molecule has 0 fully saturated rings. The maximum Gasteiger partial charge on any atom is 0.263 e. The summed E-state index contributed by atoms with van der Waals surface area (Å²) in [6.45, 7) is 6.10. The van der Waals surface area contributed by atoms with Crippen molar-refractivity contribution >= 4 is 40.5 Å². The van der Waals surface area contributed by atoms with Gasteiger partial charge in [-0.05, 0) is 68.5 Å². The van der Waals surface area contributed by atoms with Crippen LogP contribution in [0.2, 0.25) is 0 Å². The Hall–Kier alpha value is -3.27. The summed E-state index contributed by atoms with van der Waals surface area (Å²) in [5.74, 6) is -0.162. The average molecular weight is 430 g/mol. The molecule has 1 aromatic heterocycles. The van der Waals surface area contributed by atoms with Crippen LogP contribution >= 0.6 is 11.5 Å². The van der Waals surface area contributed by atoms with Gasteiger partial charge in [0.05, 0.1) is 12.2 Å². The molecule has 0 aliphatic carbocycles. The molecular weight excluding hydrogens is 402 g/mol. The van der Waals surface area contributed by atoms with E-state index in [4.69, 9.17) is 16.2 Å². The van der Waals surface area contributed by atoms with Gasteiger partial charge in [-0.15, -0.1) is 0 Å². The van der Waals surface area contributed by atoms with E-state index in [1.54, 1.807) is 26.0 Å². The number of aromatic amines is 1. The van der Waals surface area contributed by atoms with Gasteiger partial charge < -0.3 is 26.9 Å². The van der Waals surface area contributed by atoms with Gasteiger partial charge in [-0.1, -0.05) is 18.2 Å². The standard InChI is InChI=1S/C17H15N3O2S.C3H9NO.CH3N/c1-11-15(21)20-23-17(11)19-14-9-7-12(8-10-14)16(22)18-13-5-3-2-4-6-13;1-3(4)2-5;1-2/h2-10,19H,1H3,(H,18,22)(H,20,21);3,5H,2,4H2,1H3;2H,1H2. The number of benzene rings is 2. The number of H-pyrrole nitrogens is 1. The minimum Gasteiger partial charge on any atom is -0.395 e. The molecule has 1 amide bonds. The fraction of sp³-hybridized carbons (Fsp3) is 0.190. The van der Waals surface area contributed by atoms with Crippen molar-refractivity contribution in [2.45, 2.75) is 19.9 Å². The highest BCUT2D eigenvalue weighted by atomic mass is 32.1. The van der Waals surface area contributed by atoms with E-state index in [1.807, 2.05) is 42.5 Å². The molecule has 0 saturated carbocycles. The smallest absolute Gasteiger partial charge is 0.263 e. The molecule has 0 spiro atoms. The largest absolute Gasteiger partial charge is 0.395 e. The van der Waals surface area contributed by atoms with Crippen LogP contribution in [0.5, 0.6) is 0 Å². The lowest BCUT2D eigenvalue weighted by Gasteiger charge is -2.07. The third kappa shape index (κ3) is 8.00. The Morgan fingerprint density at radius 2 is 1.73 bits per heavy atom. The molecule has 0 bridgehead atoms. The fourth-order valence-electron chi connectivity index (χ4n) is 2.03. The maximum absolute atomic E-state index is 12.2. The summed E-state index contributed by atoms with van der Waals surface area (Å²) < 4.78 is 2.67. The van der Waals surface area contributed by atoms with Crippen LogP contribution in [0.4, 0.5) is 16.4 Å². The number of carbonyl (C=O) groups is 1. The number of aromatic nitrogens is 1. The van der Waals surface area contributed by atoms with Crippen LogP contribution in [0.25, 0.3) is 0 Å². The topological polar surface area (TPSA) is 144 Å². The third-order valence-electron chi connectivity index (χ3n) is 3.65. The molecule has 9 heteroatoms. The predicted octanol–water partition coefficient (Wildman–Crippen LogP) is 3.33. The van der Waals surface area contributed by atoms with Gasteiger partial charge in [0, 0.05) is 23.0 Å². The summed E-state index contributed by atoms with van der Waals surface area (Å²) in [7, 11) is 0. The second kappa shape index (κ2) is 13.0. The van der Waals surface area contributed by atoms with Crippen molar-refractivity contribution in [3.05, 3.63) is 76.1 Å². The Labute approximate surface area is 179 Å². The summed E-state index contributed by atoms with van der Waals surface area (Å²) in [6.07, 6.45) is 0. The molecule has 0 aliphatic heterocycles. The molecule has 0 radical (unpaired) electrons. The van der Waals surface area contributed by atoms with Gasteiger partial charge in [0.25, 0.3) is 11.5 Å².